The molecule has 43 heavy (non-hydrogen) atoms. The first-order chi connectivity index (χ1) is 20.5. The molecule has 1 unspecified atom stereocenters. The van der Waals surface area contributed by atoms with Crippen LogP contribution in [0.3, 0.4) is 0 Å². The molecule has 0 saturated heterocycles. The number of nitrogens with one attached hydrogen (secondary N) is 2. The van der Waals surface area contributed by atoms with E-state index < -0.39 is 60.8 Å². The molecule has 3 N–H and O–H groups in total. The number of esters is 2. The lowest BCUT2D eigenvalue weighted by Crippen LogP contribution is -2.49. The van der Waals surface area contributed by atoms with Gasteiger partial charge in [0.15, 0.2) is 0 Å². The van der Waals surface area contributed by atoms with Gasteiger partial charge in [0.05, 0.1) is 0 Å². The third kappa shape index (κ3) is 12.0. The van der Waals surface area contributed by atoms with Gasteiger partial charge in [-0.1, -0.05) is 101 Å². The Bertz CT molecular complexity index is 1190. The topological polar surface area (TPSA) is 167 Å². The van der Waals surface area contributed by atoms with Crippen molar-refractivity contribution in [2.45, 2.75) is 71.9 Å². The summed E-state index contributed by atoms with van der Waals surface area (Å²) in [5, 5.41) is 14.6. The molecule has 2 rings (SSSR count). The van der Waals surface area contributed by atoms with Crippen molar-refractivity contribution in [3.63, 3.8) is 0 Å². The third-order valence-electron chi connectivity index (χ3n) is 6.82. The number of carboxylic acids is 1. The number of carbonyl (C=O) groups excluding carboxylic acids is 4. The highest BCUT2D eigenvalue weighted by molar-refractivity contribution is 5.85. The van der Waals surface area contributed by atoms with Crippen molar-refractivity contribution in [2.75, 3.05) is 6.61 Å². The highest BCUT2D eigenvalue weighted by Crippen LogP contribution is 2.14. The minimum absolute atomic E-state index is 0.0167. The van der Waals surface area contributed by atoms with Crippen molar-refractivity contribution in [1.82, 2.24) is 10.6 Å². The van der Waals surface area contributed by atoms with Crippen LogP contribution in [0, 0.1) is 11.8 Å². The highest BCUT2D eigenvalue weighted by atomic mass is 16.6. The molecule has 0 aliphatic carbocycles. The Balaban J connectivity index is 1.98. The van der Waals surface area contributed by atoms with Gasteiger partial charge in [-0.2, -0.15) is 0 Å². The fourth-order valence-electron chi connectivity index (χ4n) is 3.74. The minimum Gasteiger partial charge on any atom is -0.478 e. The number of amides is 2. The Kier molecular flexibility index (Phi) is 14.5. The molecule has 5 atom stereocenters. The maximum Gasteiger partial charge on any atom is 0.408 e. The second-order valence-corrected chi connectivity index (χ2v) is 10.0. The monoisotopic (exact) mass is 600 g/mol. The maximum atomic E-state index is 13.0. The molecule has 234 valence electrons. The number of ether oxygens (including phenoxy) is 4. The number of carboxylic acid groups (broad SMARTS) is 1. The van der Waals surface area contributed by atoms with E-state index in [1.54, 1.807) is 76.2 Å². The molecule has 0 fully saturated rings. The molecule has 0 saturated carbocycles. The molecule has 2 aromatic rings. The smallest absolute Gasteiger partial charge is 0.408 e. The van der Waals surface area contributed by atoms with Gasteiger partial charge in [0.25, 0.3) is 0 Å². The summed E-state index contributed by atoms with van der Waals surface area (Å²) >= 11 is 0. The van der Waals surface area contributed by atoms with Gasteiger partial charge in [-0.15, -0.1) is 0 Å². The first-order valence-corrected chi connectivity index (χ1v) is 14.1. The maximum absolute atomic E-state index is 13.0. The van der Waals surface area contributed by atoms with E-state index in [1.165, 1.54) is 0 Å². The normalized spacial score (nSPS) is 14.1. The number of alkyl carbamates (subject to hydrolysis) is 2. The Labute approximate surface area is 251 Å². The van der Waals surface area contributed by atoms with Crippen molar-refractivity contribution >= 4 is 30.1 Å². The van der Waals surface area contributed by atoms with Crippen LogP contribution in [0.4, 0.5) is 9.59 Å². The quantitative estimate of drug-likeness (QED) is 0.188. The van der Waals surface area contributed by atoms with Gasteiger partial charge in [-0.3, -0.25) is 0 Å². The molecule has 0 bridgehead atoms. The fourth-order valence-corrected chi connectivity index (χ4v) is 3.74. The van der Waals surface area contributed by atoms with E-state index in [4.69, 9.17) is 18.9 Å². The third-order valence-corrected chi connectivity index (χ3v) is 6.82. The average Bonchev–Trinajstić information content (AvgIpc) is 3.02. The number of benzene rings is 2. The molecule has 0 spiro atoms. The standard InChI is InChI=1S/C31H40N2O10/c1-5-20(3)25(32-30(38)41-17-22-13-9-7-10-14-22)28(36)40-19-24(27(34)35)43-29(37)26(21(4)6-2)33-31(39)42-18-23-15-11-8-12-16-23/h7-16,20-21,24-26H,5-6,17-19H2,1-4H3,(H,32,38)(H,33,39)(H,34,35)/t20-,21-,24?,25-,26-/m0/s1. The van der Waals surface area contributed by atoms with Gasteiger partial charge in [0.2, 0.25) is 6.10 Å². The average molecular weight is 601 g/mol. The second-order valence-electron chi connectivity index (χ2n) is 10.0. The molecule has 2 aromatic carbocycles. The molecule has 0 aromatic heterocycles. The summed E-state index contributed by atoms with van der Waals surface area (Å²) < 4.78 is 20.7. The molecule has 0 radical (unpaired) electrons. The Hall–Kier alpha value is -4.61. The zero-order chi connectivity index (χ0) is 31.8. The predicted octanol–water partition coefficient (Wildman–Crippen LogP) is 4.21. The van der Waals surface area contributed by atoms with E-state index in [9.17, 15) is 29.1 Å². The van der Waals surface area contributed by atoms with Crippen LogP contribution in [0.1, 0.15) is 51.7 Å². The van der Waals surface area contributed by atoms with Crippen molar-refractivity contribution in [3.05, 3.63) is 71.8 Å². The van der Waals surface area contributed by atoms with Gasteiger partial charge < -0.3 is 34.7 Å². The fraction of sp³-hybridized carbons (Fsp3) is 0.452. The molecular formula is C31H40N2O10. The zero-order valence-electron chi connectivity index (χ0n) is 24.8. The summed E-state index contributed by atoms with van der Waals surface area (Å²) in [7, 11) is 0. The van der Waals surface area contributed by atoms with Crippen LogP contribution in [0.2, 0.25) is 0 Å². The SMILES string of the molecule is CC[C@H](C)[C@H](NC(=O)OCc1ccccc1)C(=O)OCC(OC(=O)[C@@H](NC(=O)OCc1ccccc1)[C@@H](C)CC)C(=O)O. The Morgan fingerprint density at radius 1 is 0.674 bits per heavy atom. The van der Waals surface area contributed by atoms with Crippen LogP contribution in [0.25, 0.3) is 0 Å². The van der Waals surface area contributed by atoms with Gasteiger partial charge in [0.1, 0.15) is 31.9 Å². The lowest BCUT2D eigenvalue weighted by Gasteiger charge is -2.25. The Morgan fingerprint density at radius 3 is 1.49 bits per heavy atom. The first kappa shape index (κ1) is 34.6. The summed E-state index contributed by atoms with van der Waals surface area (Å²) in [5.41, 5.74) is 1.49. The molecular weight excluding hydrogens is 560 g/mol. The van der Waals surface area contributed by atoms with Gasteiger partial charge in [-0.25, -0.2) is 24.0 Å². The number of carbonyl (C=O) groups is 5. The van der Waals surface area contributed by atoms with Gasteiger partial charge in [-0.05, 0) is 23.0 Å². The summed E-state index contributed by atoms with van der Waals surface area (Å²) in [6.07, 6.45) is -2.67. The van der Waals surface area contributed by atoms with E-state index in [1.807, 2.05) is 12.1 Å². The van der Waals surface area contributed by atoms with Gasteiger partial charge >= 0.3 is 30.1 Å². The molecule has 2 amide bonds. The second kappa shape index (κ2) is 18.0. The molecule has 0 aliphatic heterocycles. The molecule has 12 heteroatoms. The van der Waals surface area contributed by atoms with Crippen LogP contribution >= 0.6 is 0 Å². The number of rotatable bonds is 16. The lowest BCUT2D eigenvalue weighted by atomic mass is 9.99. The van der Waals surface area contributed by atoms with E-state index in [2.05, 4.69) is 10.6 Å². The van der Waals surface area contributed by atoms with Crippen molar-refractivity contribution in [2.24, 2.45) is 11.8 Å². The van der Waals surface area contributed by atoms with E-state index in [0.717, 1.165) is 11.1 Å². The van der Waals surface area contributed by atoms with Crippen LogP contribution in [0.15, 0.2) is 60.7 Å². The van der Waals surface area contributed by atoms with Crippen molar-refractivity contribution in [1.29, 1.82) is 0 Å². The van der Waals surface area contributed by atoms with Crippen LogP contribution in [-0.4, -0.2) is 60.0 Å². The first-order valence-electron chi connectivity index (χ1n) is 14.1. The molecule has 0 heterocycles. The Morgan fingerprint density at radius 2 is 1.09 bits per heavy atom. The number of aliphatic carboxylic acids is 1. The molecule has 12 nitrogen and oxygen atoms in total. The summed E-state index contributed by atoms with van der Waals surface area (Å²) in [6.45, 7) is 6.10. The minimum atomic E-state index is -1.87. The van der Waals surface area contributed by atoms with E-state index >= 15 is 0 Å². The van der Waals surface area contributed by atoms with E-state index in [0.29, 0.717) is 12.8 Å². The molecule has 0 aliphatic rings. The number of hydrogen-bond donors (Lipinski definition) is 3. The van der Waals surface area contributed by atoms with Crippen LogP contribution in [-0.2, 0) is 46.5 Å². The van der Waals surface area contributed by atoms with Crippen molar-refractivity contribution in [3.8, 4) is 0 Å². The largest absolute Gasteiger partial charge is 0.478 e. The van der Waals surface area contributed by atoms with Gasteiger partial charge in [0, 0.05) is 0 Å². The van der Waals surface area contributed by atoms with Crippen LogP contribution in [0.5, 0.6) is 0 Å². The number of hydrogen-bond acceptors (Lipinski definition) is 9. The van der Waals surface area contributed by atoms with Crippen LogP contribution < -0.4 is 10.6 Å². The van der Waals surface area contributed by atoms with Crippen molar-refractivity contribution < 1.29 is 48.0 Å². The zero-order valence-corrected chi connectivity index (χ0v) is 24.8. The lowest BCUT2D eigenvalue weighted by molar-refractivity contribution is -0.173. The predicted molar refractivity (Wildman–Crippen MR) is 154 cm³/mol. The summed E-state index contributed by atoms with van der Waals surface area (Å²) in [6, 6.07) is 15.5. The summed E-state index contributed by atoms with van der Waals surface area (Å²) in [4.78, 5) is 62.5. The highest BCUT2D eigenvalue weighted by Gasteiger charge is 2.34. The van der Waals surface area contributed by atoms with E-state index in [-0.39, 0.29) is 19.1 Å². The summed E-state index contributed by atoms with van der Waals surface area (Å²) in [5.74, 6) is -4.34.